The van der Waals surface area contributed by atoms with Gasteiger partial charge in [-0.15, -0.1) is 0 Å². The second kappa shape index (κ2) is 6.90. The molecule has 7 heteroatoms. The van der Waals surface area contributed by atoms with Gasteiger partial charge in [-0.2, -0.15) is 5.10 Å². The van der Waals surface area contributed by atoms with Crippen molar-refractivity contribution in [3.05, 3.63) is 78.1 Å². The molecule has 152 valence electrons. The Hall–Kier alpha value is -3.29. The number of fused-ring (bicyclic) bond motifs is 2. The van der Waals surface area contributed by atoms with Crippen molar-refractivity contribution in [1.29, 1.82) is 0 Å². The number of hydrogen-bond donors (Lipinski definition) is 2. The maximum absolute atomic E-state index is 10.8. The van der Waals surface area contributed by atoms with E-state index >= 15 is 0 Å². The monoisotopic (exact) mass is 400 g/mol. The number of rotatable bonds is 3. The largest absolute Gasteiger partial charge is 0.374 e. The highest BCUT2D eigenvalue weighted by Gasteiger charge is 2.40. The van der Waals surface area contributed by atoms with Crippen LogP contribution < -0.4 is 10.2 Å². The van der Waals surface area contributed by atoms with E-state index in [0.717, 1.165) is 22.4 Å². The first-order valence-corrected chi connectivity index (χ1v) is 10.1. The van der Waals surface area contributed by atoms with E-state index in [1.807, 2.05) is 42.5 Å². The van der Waals surface area contributed by atoms with Crippen LogP contribution in [0.2, 0.25) is 0 Å². The van der Waals surface area contributed by atoms with E-state index in [1.165, 1.54) is 5.56 Å². The van der Waals surface area contributed by atoms with Gasteiger partial charge in [-0.05, 0) is 50.6 Å². The van der Waals surface area contributed by atoms with Gasteiger partial charge in [-0.1, -0.05) is 30.3 Å². The average molecular weight is 400 g/mol. The third-order valence-corrected chi connectivity index (χ3v) is 5.73. The minimum atomic E-state index is -0.799. The summed E-state index contributed by atoms with van der Waals surface area (Å²) in [5, 5.41) is 18.5. The van der Waals surface area contributed by atoms with Crippen LogP contribution >= 0.6 is 0 Å². The zero-order chi connectivity index (χ0) is 20.9. The van der Waals surface area contributed by atoms with Crippen molar-refractivity contribution in [3.63, 3.8) is 0 Å². The fourth-order valence-electron chi connectivity index (χ4n) is 4.31. The topological polar surface area (TPSA) is 79.1 Å². The normalized spacial score (nSPS) is 18.9. The third-order valence-electron chi connectivity index (χ3n) is 5.73. The number of aliphatic hydroxyl groups is 1. The summed E-state index contributed by atoms with van der Waals surface area (Å²) in [6, 6.07) is 18.0. The van der Waals surface area contributed by atoms with E-state index in [1.54, 1.807) is 17.1 Å². The highest BCUT2D eigenvalue weighted by molar-refractivity contribution is 5.75. The molecule has 0 spiro atoms. The molecule has 2 N–H and O–H groups in total. The van der Waals surface area contributed by atoms with Crippen LogP contribution in [0, 0.1) is 0 Å². The molecule has 4 heterocycles. The Morgan fingerprint density at radius 1 is 1.07 bits per heavy atom. The summed E-state index contributed by atoms with van der Waals surface area (Å²) >= 11 is 0. The molecular weight excluding hydrogens is 376 g/mol. The molecule has 7 nitrogen and oxygen atoms in total. The number of aromatic nitrogens is 4. The van der Waals surface area contributed by atoms with Crippen molar-refractivity contribution in [1.82, 2.24) is 25.1 Å². The van der Waals surface area contributed by atoms with Gasteiger partial charge in [0.05, 0.1) is 23.4 Å². The number of aliphatic hydroxyl groups excluding tert-OH is 1. The Balaban J connectivity index is 1.67. The van der Waals surface area contributed by atoms with E-state index in [2.05, 4.69) is 53.2 Å². The fraction of sp³-hybridized carbons (Fsp3) is 0.261. The maximum atomic E-state index is 10.8. The second-order valence-electron chi connectivity index (χ2n) is 8.11. The Labute approximate surface area is 175 Å². The molecule has 30 heavy (non-hydrogen) atoms. The predicted octanol–water partition coefficient (Wildman–Crippen LogP) is 3.71. The lowest BCUT2D eigenvalue weighted by Gasteiger charge is -2.49. The minimum absolute atomic E-state index is 0.0405. The van der Waals surface area contributed by atoms with Gasteiger partial charge in [0.2, 0.25) is 0 Å². The lowest BCUT2D eigenvalue weighted by molar-refractivity contribution is 0.0853. The summed E-state index contributed by atoms with van der Waals surface area (Å²) in [6.45, 7) is 6.27. The summed E-state index contributed by atoms with van der Waals surface area (Å²) in [6.07, 6.45) is 2.69. The van der Waals surface area contributed by atoms with Gasteiger partial charge in [0, 0.05) is 11.8 Å². The summed E-state index contributed by atoms with van der Waals surface area (Å²) in [5.74, 6) is 1.43. The zero-order valence-electron chi connectivity index (χ0n) is 17.2. The van der Waals surface area contributed by atoms with Crippen molar-refractivity contribution < 1.29 is 5.11 Å². The number of nitrogens with zero attached hydrogens (tertiary/aromatic N) is 5. The molecule has 2 atom stereocenters. The molecule has 0 fully saturated rings. The highest BCUT2D eigenvalue weighted by atomic mass is 16.3. The van der Waals surface area contributed by atoms with Crippen LogP contribution in [0.1, 0.15) is 44.2 Å². The van der Waals surface area contributed by atoms with E-state index in [4.69, 9.17) is 4.98 Å². The molecule has 0 amide bonds. The molecule has 0 radical (unpaired) electrons. The van der Waals surface area contributed by atoms with E-state index < -0.39 is 11.9 Å². The molecule has 4 aromatic rings. The van der Waals surface area contributed by atoms with E-state index in [9.17, 15) is 5.11 Å². The molecule has 0 saturated heterocycles. The van der Waals surface area contributed by atoms with Crippen LogP contribution in [0.5, 0.6) is 0 Å². The summed E-state index contributed by atoms with van der Waals surface area (Å²) < 4.78 is 1.79. The van der Waals surface area contributed by atoms with Crippen molar-refractivity contribution in [2.45, 2.75) is 38.7 Å². The Morgan fingerprint density at radius 2 is 1.87 bits per heavy atom. The number of benzene rings is 1. The minimum Gasteiger partial charge on any atom is -0.374 e. The van der Waals surface area contributed by atoms with Gasteiger partial charge >= 0.3 is 0 Å². The van der Waals surface area contributed by atoms with E-state index in [0.29, 0.717) is 5.82 Å². The van der Waals surface area contributed by atoms with Gasteiger partial charge < -0.3 is 10.0 Å². The summed E-state index contributed by atoms with van der Waals surface area (Å²) in [4.78, 5) is 11.6. The Bertz CT molecular complexity index is 1200. The first-order chi connectivity index (χ1) is 14.5. The predicted molar refractivity (Wildman–Crippen MR) is 116 cm³/mol. The van der Waals surface area contributed by atoms with Gasteiger partial charge in [0.15, 0.2) is 5.82 Å². The molecule has 0 saturated carbocycles. The van der Waals surface area contributed by atoms with Crippen LogP contribution in [0.3, 0.4) is 0 Å². The van der Waals surface area contributed by atoms with Crippen LogP contribution in [0.4, 0.5) is 5.82 Å². The zero-order valence-corrected chi connectivity index (χ0v) is 17.2. The molecule has 3 aromatic heterocycles. The molecule has 0 aliphatic carbocycles. The Kier molecular flexibility index (Phi) is 4.30. The highest BCUT2D eigenvalue weighted by Crippen LogP contribution is 2.40. The Morgan fingerprint density at radius 3 is 2.67 bits per heavy atom. The fourth-order valence-corrected chi connectivity index (χ4v) is 4.31. The second-order valence-corrected chi connectivity index (χ2v) is 8.11. The molecule has 5 rings (SSSR count). The van der Waals surface area contributed by atoms with Gasteiger partial charge in [-0.3, -0.25) is 10.3 Å². The smallest absolute Gasteiger partial charge is 0.156 e. The molecular formula is C23H24N6O. The van der Waals surface area contributed by atoms with Crippen LogP contribution in [0.15, 0.2) is 67.0 Å². The number of pyridine rings is 2. The first-order valence-electron chi connectivity index (χ1n) is 10.1. The van der Waals surface area contributed by atoms with Crippen molar-refractivity contribution in [2.75, 3.05) is 4.90 Å². The van der Waals surface area contributed by atoms with Crippen LogP contribution in [-0.4, -0.2) is 30.5 Å². The van der Waals surface area contributed by atoms with Crippen molar-refractivity contribution in [2.24, 2.45) is 0 Å². The van der Waals surface area contributed by atoms with Crippen molar-refractivity contribution >= 4 is 16.9 Å². The SMILES string of the molecule is C[C@H](c1ccccc1)N1c2nc(-n3ncc4ncccc43)ccc2C(O)NC1(C)C. The quantitative estimate of drug-likeness (QED) is 0.546. The standard InChI is InChI=1S/C23H24N6O/c1-15(16-8-5-4-6-9-16)28-21-17(22(30)27-23(28,2)3)11-12-20(26-21)29-19-10-7-13-24-18(19)14-25-29/h4-15,22,27,30H,1-3H3/t15-,22?/m1/s1. The molecule has 0 bridgehead atoms. The molecule has 1 unspecified atom stereocenters. The number of anilines is 1. The van der Waals surface area contributed by atoms with Gasteiger partial charge in [-0.25, -0.2) is 9.67 Å². The number of hydrogen-bond acceptors (Lipinski definition) is 6. The lowest BCUT2D eigenvalue weighted by Crippen LogP contribution is -2.60. The summed E-state index contributed by atoms with van der Waals surface area (Å²) in [5.41, 5.74) is 3.11. The average Bonchev–Trinajstić information content (AvgIpc) is 3.17. The van der Waals surface area contributed by atoms with Crippen molar-refractivity contribution in [3.8, 4) is 5.82 Å². The molecule has 1 aliphatic rings. The lowest BCUT2D eigenvalue weighted by atomic mass is 9.98. The first kappa shape index (κ1) is 18.7. The maximum Gasteiger partial charge on any atom is 0.156 e. The number of nitrogens with one attached hydrogen (secondary N) is 1. The van der Waals surface area contributed by atoms with Crippen LogP contribution in [0.25, 0.3) is 16.9 Å². The summed E-state index contributed by atoms with van der Waals surface area (Å²) in [7, 11) is 0. The van der Waals surface area contributed by atoms with Gasteiger partial charge in [0.1, 0.15) is 17.6 Å². The van der Waals surface area contributed by atoms with Gasteiger partial charge in [0.25, 0.3) is 0 Å². The van der Waals surface area contributed by atoms with E-state index in [-0.39, 0.29) is 6.04 Å². The third kappa shape index (κ3) is 2.94. The molecule has 1 aromatic carbocycles. The van der Waals surface area contributed by atoms with Crippen LogP contribution in [-0.2, 0) is 0 Å². The molecule has 1 aliphatic heterocycles.